The van der Waals surface area contributed by atoms with E-state index in [1.165, 1.54) is 12.4 Å². The van der Waals surface area contributed by atoms with Gasteiger partial charge in [0.15, 0.2) is 5.65 Å². The highest BCUT2D eigenvalue weighted by molar-refractivity contribution is 6.28. The number of fused-ring (bicyclic) bond motifs is 1. The van der Waals surface area contributed by atoms with E-state index in [1.807, 2.05) is 0 Å². The maximum Gasteiger partial charge on any atom is 0.225 e. The summed E-state index contributed by atoms with van der Waals surface area (Å²) in [5.74, 6) is -1.38. The second-order valence-corrected chi connectivity index (χ2v) is 3.90. The topological polar surface area (TPSA) is 54.5 Å². The maximum absolute atomic E-state index is 13.7. The average molecular weight is 267 g/mol. The van der Waals surface area contributed by atoms with Gasteiger partial charge in [0.1, 0.15) is 22.8 Å². The largest absolute Gasteiger partial charge is 0.341 e. The lowest BCUT2D eigenvalue weighted by atomic mass is 10.1. The van der Waals surface area contributed by atoms with Crippen LogP contribution in [0.25, 0.3) is 22.4 Å². The Labute approximate surface area is 105 Å². The van der Waals surface area contributed by atoms with Gasteiger partial charge in [0.25, 0.3) is 0 Å². The van der Waals surface area contributed by atoms with E-state index in [-0.39, 0.29) is 16.5 Å². The molecule has 0 atom stereocenters. The van der Waals surface area contributed by atoms with E-state index >= 15 is 0 Å². The van der Waals surface area contributed by atoms with Gasteiger partial charge in [0, 0.05) is 11.6 Å². The molecule has 0 radical (unpaired) electrons. The molecule has 7 heteroatoms. The van der Waals surface area contributed by atoms with Crippen LogP contribution in [0.4, 0.5) is 8.78 Å². The average Bonchev–Trinajstić information content (AvgIpc) is 2.76. The molecule has 0 amide bonds. The molecule has 0 saturated heterocycles. The summed E-state index contributed by atoms with van der Waals surface area (Å²) in [6.45, 7) is 0. The molecule has 0 aliphatic rings. The molecule has 18 heavy (non-hydrogen) atoms. The van der Waals surface area contributed by atoms with Crippen LogP contribution in [0.2, 0.25) is 5.28 Å². The Morgan fingerprint density at radius 3 is 2.78 bits per heavy atom. The molecule has 3 rings (SSSR count). The lowest BCUT2D eigenvalue weighted by Gasteiger charge is -2.04. The van der Waals surface area contributed by atoms with Crippen LogP contribution in [0.1, 0.15) is 0 Å². The van der Waals surface area contributed by atoms with Crippen molar-refractivity contribution < 1.29 is 8.78 Å². The van der Waals surface area contributed by atoms with E-state index < -0.39 is 11.6 Å². The van der Waals surface area contributed by atoms with Crippen LogP contribution in [0.15, 0.2) is 24.5 Å². The Hall–Kier alpha value is -2.08. The number of H-pyrrole nitrogens is 1. The first-order valence-electron chi connectivity index (χ1n) is 4.97. The molecule has 2 heterocycles. The van der Waals surface area contributed by atoms with E-state index in [1.54, 1.807) is 0 Å². The number of hydrogen-bond acceptors (Lipinski definition) is 3. The maximum atomic E-state index is 13.7. The van der Waals surface area contributed by atoms with E-state index in [2.05, 4.69) is 19.9 Å². The molecule has 0 spiro atoms. The first-order valence-corrected chi connectivity index (χ1v) is 5.35. The van der Waals surface area contributed by atoms with Crippen molar-refractivity contribution in [2.75, 3.05) is 0 Å². The van der Waals surface area contributed by atoms with Gasteiger partial charge in [-0.3, -0.25) is 0 Å². The monoisotopic (exact) mass is 266 g/mol. The van der Waals surface area contributed by atoms with Crippen LogP contribution in [0.3, 0.4) is 0 Å². The molecule has 2 aromatic heterocycles. The van der Waals surface area contributed by atoms with Gasteiger partial charge in [-0.25, -0.2) is 18.7 Å². The standard InChI is InChI=1S/C11H5ClF2N4/c12-11-17-8(9-10(18-11)16-4-15-9)6-2-1-5(13)3-7(6)14/h1-4H,(H,15,16,17,18). The summed E-state index contributed by atoms with van der Waals surface area (Å²) in [6, 6.07) is 3.23. The van der Waals surface area contributed by atoms with Crippen molar-refractivity contribution in [1.29, 1.82) is 0 Å². The van der Waals surface area contributed by atoms with Crippen LogP contribution in [-0.4, -0.2) is 19.9 Å². The molecular weight excluding hydrogens is 262 g/mol. The van der Waals surface area contributed by atoms with Crippen molar-refractivity contribution in [3.63, 3.8) is 0 Å². The van der Waals surface area contributed by atoms with Gasteiger partial charge in [0.05, 0.1) is 6.33 Å². The zero-order valence-electron chi connectivity index (χ0n) is 8.78. The van der Waals surface area contributed by atoms with Gasteiger partial charge >= 0.3 is 0 Å². The van der Waals surface area contributed by atoms with E-state index in [9.17, 15) is 8.78 Å². The van der Waals surface area contributed by atoms with Gasteiger partial charge in [-0.1, -0.05) is 0 Å². The van der Waals surface area contributed by atoms with Crippen LogP contribution >= 0.6 is 11.6 Å². The SMILES string of the molecule is Fc1ccc(-c2nc(Cl)nc3nc[nH]c23)c(F)c1. The quantitative estimate of drug-likeness (QED) is 0.689. The minimum absolute atomic E-state index is 0.0478. The fraction of sp³-hybridized carbons (Fsp3) is 0. The number of aromatic nitrogens is 4. The Morgan fingerprint density at radius 1 is 1.17 bits per heavy atom. The highest BCUT2D eigenvalue weighted by atomic mass is 35.5. The van der Waals surface area contributed by atoms with Gasteiger partial charge < -0.3 is 4.98 Å². The molecule has 1 aromatic carbocycles. The lowest BCUT2D eigenvalue weighted by molar-refractivity contribution is 0.585. The number of aromatic amines is 1. The van der Waals surface area contributed by atoms with Crippen LogP contribution in [0.5, 0.6) is 0 Å². The number of rotatable bonds is 1. The first kappa shape index (κ1) is 11.0. The zero-order valence-corrected chi connectivity index (χ0v) is 9.54. The van der Waals surface area contributed by atoms with Gasteiger partial charge in [-0.05, 0) is 23.7 Å². The number of benzene rings is 1. The summed E-state index contributed by atoms with van der Waals surface area (Å²) < 4.78 is 26.6. The molecular formula is C11H5ClF2N4. The van der Waals surface area contributed by atoms with Crippen LogP contribution in [0, 0.1) is 11.6 Å². The van der Waals surface area contributed by atoms with Crippen LogP contribution in [-0.2, 0) is 0 Å². The van der Waals surface area contributed by atoms with Gasteiger partial charge in [0.2, 0.25) is 5.28 Å². The summed E-state index contributed by atoms with van der Waals surface area (Å²) in [7, 11) is 0. The summed E-state index contributed by atoms with van der Waals surface area (Å²) >= 11 is 5.74. The number of hydrogen-bond donors (Lipinski definition) is 1. The molecule has 4 nitrogen and oxygen atoms in total. The van der Waals surface area contributed by atoms with Crippen molar-refractivity contribution in [1.82, 2.24) is 19.9 Å². The third-order valence-electron chi connectivity index (χ3n) is 2.44. The van der Waals surface area contributed by atoms with Crippen molar-refractivity contribution in [2.45, 2.75) is 0 Å². The molecule has 1 N–H and O–H groups in total. The predicted octanol–water partition coefficient (Wildman–Crippen LogP) is 2.95. The van der Waals surface area contributed by atoms with Gasteiger partial charge in [-0.15, -0.1) is 0 Å². The molecule has 0 fully saturated rings. The fourth-order valence-corrected chi connectivity index (χ4v) is 1.85. The predicted molar refractivity (Wildman–Crippen MR) is 62.0 cm³/mol. The molecule has 0 unspecified atom stereocenters. The van der Waals surface area contributed by atoms with Crippen LogP contribution < -0.4 is 0 Å². The molecule has 3 aromatic rings. The minimum Gasteiger partial charge on any atom is -0.341 e. The summed E-state index contributed by atoms with van der Waals surface area (Å²) in [5, 5.41) is -0.0478. The van der Waals surface area contributed by atoms with E-state index in [0.717, 1.165) is 12.1 Å². The first-order chi connectivity index (χ1) is 8.65. The molecule has 90 valence electrons. The number of nitrogens with zero attached hydrogens (tertiary/aromatic N) is 3. The Balaban J connectivity index is 2.33. The zero-order chi connectivity index (χ0) is 12.7. The lowest BCUT2D eigenvalue weighted by Crippen LogP contribution is -1.94. The summed E-state index contributed by atoms with van der Waals surface area (Å²) in [4.78, 5) is 14.6. The number of imidazole rings is 1. The smallest absolute Gasteiger partial charge is 0.225 e. The second kappa shape index (κ2) is 3.99. The van der Waals surface area contributed by atoms with Crippen molar-refractivity contribution >= 4 is 22.8 Å². The Kier molecular flexibility index (Phi) is 2.45. The molecule has 0 aliphatic heterocycles. The highest BCUT2D eigenvalue weighted by Crippen LogP contribution is 2.27. The van der Waals surface area contributed by atoms with Gasteiger partial charge in [-0.2, -0.15) is 4.98 Å². The summed E-state index contributed by atoms with van der Waals surface area (Å²) in [6.07, 6.45) is 1.40. The molecule has 0 bridgehead atoms. The highest BCUT2D eigenvalue weighted by Gasteiger charge is 2.14. The molecule has 0 saturated carbocycles. The van der Waals surface area contributed by atoms with Crippen molar-refractivity contribution in [3.05, 3.63) is 41.4 Å². The minimum atomic E-state index is -0.722. The molecule has 0 aliphatic carbocycles. The van der Waals surface area contributed by atoms with E-state index in [4.69, 9.17) is 11.6 Å². The summed E-state index contributed by atoms with van der Waals surface area (Å²) in [5.41, 5.74) is 1.16. The second-order valence-electron chi connectivity index (χ2n) is 3.57. The third-order valence-corrected chi connectivity index (χ3v) is 2.61. The fourth-order valence-electron chi connectivity index (χ4n) is 1.68. The Bertz CT molecular complexity index is 741. The van der Waals surface area contributed by atoms with E-state index in [0.29, 0.717) is 11.2 Å². The van der Waals surface area contributed by atoms with Crippen molar-refractivity contribution in [2.24, 2.45) is 0 Å². The Morgan fingerprint density at radius 2 is 2.00 bits per heavy atom. The van der Waals surface area contributed by atoms with Crippen molar-refractivity contribution in [3.8, 4) is 11.3 Å². The number of nitrogens with one attached hydrogen (secondary N) is 1. The number of halogens is 3. The normalized spacial score (nSPS) is 11.1. The third kappa shape index (κ3) is 1.70.